The molecule has 0 aliphatic heterocycles. The van der Waals surface area contributed by atoms with Crippen molar-refractivity contribution in [2.45, 2.75) is 20.3 Å². The Morgan fingerprint density at radius 3 is 2.58 bits per heavy atom. The van der Waals surface area contributed by atoms with Crippen molar-refractivity contribution in [1.82, 2.24) is 4.98 Å². The molecule has 1 N–H and O–H groups in total. The first-order valence-corrected chi connectivity index (χ1v) is 8.07. The highest BCUT2D eigenvalue weighted by atomic mass is 16.5. The fraction of sp³-hybridized carbons (Fsp3) is 0.368. The zero-order valence-electron chi connectivity index (χ0n) is 14.4. The molecule has 0 atom stereocenters. The van der Waals surface area contributed by atoms with Gasteiger partial charge in [-0.3, -0.25) is 4.79 Å². The van der Waals surface area contributed by atoms with Crippen LogP contribution in [0.1, 0.15) is 29.8 Å². The number of pyridine rings is 1. The van der Waals surface area contributed by atoms with Crippen molar-refractivity contribution < 1.29 is 14.3 Å². The zero-order chi connectivity index (χ0) is 17.4. The van der Waals surface area contributed by atoms with Gasteiger partial charge in [-0.05, 0) is 42.2 Å². The Hall–Kier alpha value is -2.40. The van der Waals surface area contributed by atoms with Crippen LogP contribution in [0.15, 0.2) is 42.6 Å². The second kappa shape index (κ2) is 9.03. The quantitative estimate of drug-likeness (QED) is 0.753. The first kappa shape index (κ1) is 17.9. The minimum Gasteiger partial charge on any atom is -0.474 e. The number of carbonyl (C=O) groups is 1. The average Bonchev–Trinajstić information content (AvgIpc) is 2.56. The van der Waals surface area contributed by atoms with Crippen molar-refractivity contribution in [3.63, 3.8) is 0 Å². The molecule has 0 unspecified atom stereocenters. The van der Waals surface area contributed by atoms with Gasteiger partial charge in [-0.15, -0.1) is 0 Å². The molecule has 0 saturated heterocycles. The van der Waals surface area contributed by atoms with Crippen LogP contribution in [0.5, 0.6) is 5.88 Å². The van der Waals surface area contributed by atoms with E-state index >= 15 is 0 Å². The van der Waals surface area contributed by atoms with Crippen molar-refractivity contribution in [2.24, 2.45) is 5.92 Å². The number of nitrogens with zero attached hydrogens (tertiary/aromatic N) is 1. The summed E-state index contributed by atoms with van der Waals surface area (Å²) in [5.41, 5.74) is 2.38. The summed E-state index contributed by atoms with van der Waals surface area (Å²) in [4.78, 5) is 16.6. The second-order valence-electron chi connectivity index (χ2n) is 5.95. The van der Waals surface area contributed by atoms with Crippen molar-refractivity contribution in [2.75, 3.05) is 25.6 Å². The number of rotatable bonds is 8. The van der Waals surface area contributed by atoms with Crippen LogP contribution < -0.4 is 10.1 Å². The maximum Gasteiger partial charge on any atom is 0.255 e. The van der Waals surface area contributed by atoms with Gasteiger partial charge in [0.05, 0.1) is 6.61 Å². The number of carbonyl (C=O) groups excluding carboxylic acids is 1. The lowest BCUT2D eigenvalue weighted by Crippen LogP contribution is -2.14. The maximum absolute atomic E-state index is 12.4. The van der Waals surface area contributed by atoms with Crippen molar-refractivity contribution in [3.05, 3.63) is 53.7 Å². The minimum atomic E-state index is -0.185. The van der Waals surface area contributed by atoms with Crippen LogP contribution in [0.3, 0.4) is 0 Å². The van der Waals surface area contributed by atoms with E-state index in [4.69, 9.17) is 9.47 Å². The van der Waals surface area contributed by atoms with Gasteiger partial charge in [-0.25, -0.2) is 4.98 Å². The molecule has 0 fully saturated rings. The van der Waals surface area contributed by atoms with E-state index in [2.05, 4.69) is 24.1 Å². The van der Waals surface area contributed by atoms with E-state index in [1.807, 2.05) is 24.3 Å². The van der Waals surface area contributed by atoms with Crippen LogP contribution >= 0.6 is 0 Å². The van der Waals surface area contributed by atoms with Gasteiger partial charge < -0.3 is 14.8 Å². The summed E-state index contributed by atoms with van der Waals surface area (Å²) in [5, 5.41) is 2.85. The third-order valence-electron chi connectivity index (χ3n) is 3.41. The summed E-state index contributed by atoms with van der Waals surface area (Å²) in [6.45, 7) is 5.18. The Bertz CT molecular complexity index is 654. The number of anilines is 1. The van der Waals surface area contributed by atoms with Crippen LogP contribution in [-0.2, 0) is 11.2 Å². The first-order valence-electron chi connectivity index (χ1n) is 8.07. The van der Waals surface area contributed by atoms with Gasteiger partial charge >= 0.3 is 0 Å². The minimum absolute atomic E-state index is 0.185. The first-order chi connectivity index (χ1) is 11.6. The molecular weight excluding hydrogens is 304 g/mol. The molecule has 2 rings (SSSR count). The Balaban J connectivity index is 2.04. The molecule has 5 heteroatoms. The molecule has 0 aliphatic rings. The van der Waals surface area contributed by atoms with Gasteiger partial charge in [0.2, 0.25) is 5.88 Å². The highest BCUT2D eigenvalue weighted by Crippen LogP contribution is 2.21. The van der Waals surface area contributed by atoms with Crippen LogP contribution in [0.2, 0.25) is 0 Å². The number of benzene rings is 1. The fourth-order valence-corrected chi connectivity index (χ4v) is 2.28. The summed E-state index contributed by atoms with van der Waals surface area (Å²) in [6.07, 6.45) is 2.63. The summed E-state index contributed by atoms with van der Waals surface area (Å²) in [6, 6.07) is 11.2. The normalized spacial score (nSPS) is 10.7. The molecular formula is C19H24N2O3. The number of amides is 1. The highest BCUT2D eigenvalue weighted by molar-refractivity contribution is 6.04. The van der Waals surface area contributed by atoms with Crippen LogP contribution in [0.25, 0.3) is 0 Å². The summed E-state index contributed by atoms with van der Waals surface area (Å²) in [7, 11) is 1.60. The summed E-state index contributed by atoms with van der Waals surface area (Å²) >= 11 is 0. The number of hydrogen-bond donors (Lipinski definition) is 1. The molecule has 0 aliphatic carbocycles. The van der Waals surface area contributed by atoms with E-state index in [0.717, 1.165) is 6.42 Å². The van der Waals surface area contributed by atoms with E-state index in [1.54, 1.807) is 25.4 Å². The monoisotopic (exact) mass is 328 g/mol. The Morgan fingerprint density at radius 2 is 1.92 bits per heavy atom. The SMILES string of the molecule is COCCOc1ncccc1NC(=O)c1ccc(CC(C)C)cc1. The molecule has 128 valence electrons. The largest absolute Gasteiger partial charge is 0.474 e. The topological polar surface area (TPSA) is 60.5 Å². The van der Waals surface area contributed by atoms with Crippen LogP contribution in [0.4, 0.5) is 5.69 Å². The van der Waals surface area contributed by atoms with E-state index in [-0.39, 0.29) is 5.91 Å². The maximum atomic E-state index is 12.4. The van der Waals surface area contributed by atoms with Crippen LogP contribution in [-0.4, -0.2) is 31.2 Å². The summed E-state index contributed by atoms with van der Waals surface area (Å²) in [5.74, 6) is 0.793. The zero-order valence-corrected chi connectivity index (χ0v) is 14.4. The third kappa shape index (κ3) is 5.35. The van der Waals surface area contributed by atoms with E-state index in [9.17, 15) is 4.79 Å². The van der Waals surface area contributed by atoms with Crippen LogP contribution in [0, 0.1) is 5.92 Å². The van der Waals surface area contributed by atoms with Gasteiger partial charge in [0, 0.05) is 18.9 Å². The van der Waals surface area contributed by atoms with Gasteiger partial charge in [0.15, 0.2) is 0 Å². The van der Waals surface area contributed by atoms with E-state index < -0.39 is 0 Å². The van der Waals surface area contributed by atoms with E-state index in [1.165, 1.54) is 5.56 Å². The summed E-state index contributed by atoms with van der Waals surface area (Å²) < 4.78 is 10.5. The molecule has 1 aromatic heterocycles. The molecule has 24 heavy (non-hydrogen) atoms. The molecule has 1 amide bonds. The molecule has 5 nitrogen and oxygen atoms in total. The highest BCUT2D eigenvalue weighted by Gasteiger charge is 2.11. The molecule has 2 aromatic rings. The molecule has 1 heterocycles. The van der Waals surface area contributed by atoms with Crippen molar-refractivity contribution in [3.8, 4) is 5.88 Å². The molecule has 0 spiro atoms. The number of nitrogens with one attached hydrogen (secondary N) is 1. The molecule has 1 aromatic carbocycles. The smallest absolute Gasteiger partial charge is 0.255 e. The predicted molar refractivity (Wildman–Crippen MR) is 94.5 cm³/mol. The average molecular weight is 328 g/mol. The lowest BCUT2D eigenvalue weighted by molar-refractivity contribution is 0.102. The second-order valence-corrected chi connectivity index (χ2v) is 5.95. The Morgan fingerprint density at radius 1 is 1.17 bits per heavy atom. The van der Waals surface area contributed by atoms with Gasteiger partial charge in [-0.2, -0.15) is 0 Å². The lowest BCUT2D eigenvalue weighted by Gasteiger charge is -2.11. The fourth-order valence-electron chi connectivity index (χ4n) is 2.28. The van der Waals surface area contributed by atoms with Gasteiger partial charge in [0.1, 0.15) is 12.3 Å². The van der Waals surface area contributed by atoms with Gasteiger partial charge in [-0.1, -0.05) is 26.0 Å². The standard InChI is InChI=1S/C19H24N2O3/c1-14(2)13-15-6-8-16(9-7-15)18(22)21-17-5-4-10-20-19(17)24-12-11-23-3/h4-10,14H,11-13H2,1-3H3,(H,21,22). The van der Waals surface area contributed by atoms with E-state index in [0.29, 0.717) is 36.3 Å². The molecule has 0 saturated carbocycles. The molecule has 0 bridgehead atoms. The lowest BCUT2D eigenvalue weighted by atomic mass is 10.0. The van der Waals surface area contributed by atoms with Gasteiger partial charge in [0.25, 0.3) is 5.91 Å². The van der Waals surface area contributed by atoms with Crippen molar-refractivity contribution >= 4 is 11.6 Å². The van der Waals surface area contributed by atoms with Crippen molar-refractivity contribution in [1.29, 1.82) is 0 Å². The number of aromatic nitrogens is 1. The third-order valence-corrected chi connectivity index (χ3v) is 3.41. The number of hydrogen-bond acceptors (Lipinski definition) is 4. The number of methoxy groups -OCH3 is 1. The molecule has 0 radical (unpaired) electrons. The Kier molecular flexibility index (Phi) is 6.75. The Labute approximate surface area is 143 Å². The number of ether oxygens (including phenoxy) is 2. The predicted octanol–water partition coefficient (Wildman–Crippen LogP) is 3.56.